The van der Waals surface area contributed by atoms with Crippen molar-refractivity contribution >= 4 is 0 Å². The van der Waals surface area contributed by atoms with Gasteiger partial charge in [0.2, 0.25) is 0 Å². The second-order valence-electron chi connectivity index (χ2n) is 4.05. The van der Waals surface area contributed by atoms with Crippen LogP contribution in [0.3, 0.4) is 0 Å². The van der Waals surface area contributed by atoms with Crippen molar-refractivity contribution < 1.29 is 9.47 Å². The molecule has 0 N–H and O–H groups in total. The van der Waals surface area contributed by atoms with Crippen LogP contribution in [0.15, 0.2) is 30.3 Å². The maximum absolute atomic E-state index is 5.84. The molecule has 2 nitrogen and oxygen atoms in total. The van der Waals surface area contributed by atoms with E-state index >= 15 is 0 Å². The average Bonchev–Trinajstić information content (AvgIpc) is 2.18. The molecular formula is C12H16O2. The van der Waals surface area contributed by atoms with Crippen LogP contribution in [-0.4, -0.2) is 12.4 Å². The zero-order valence-corrected chi connectivity index (χ0v) is 8.69. The number of hydrogen-bond acceptors (Lipinski definition) is 2. The minimum Gasteiger partial charge on any atom is -0.350 e. The molecule has 1 saturated heterocycles. The molecule has 1 aliphatic heterocycles. The van der Waals surface area contributed by atoms with Gasteiger partial charge in [0.05, 0.1) is 12.7 Å². The van der Waals surface area contributed by atoms with E-state index in [9.17, 15) is 0 Å². The molecule has 0 amide bonds. The van der Waals surface area contributed by atoms with Gasteiger partial charge in [0.25, 0.3) is 0 Å². The van der Waals surface area contributed by atoms with Gasteiger partial charge in [-0.15, -0.1) is 0 Å². The predicted octanol–water partition coefficient (Wildman–Crippen LogP) is 2.90. The molecule has 0 aliphatic carbocycles. The molecule has 0 saturated carbocycles. The second-order valence-corrected chi connectivity index (χ2v) is 4.05. The standard InChI is InChI=1S/C12H16O2/c1-12(2)13-9-8-11(14-12)10-6-4-3-5-7-10/h3-7,11H,8-9H2,1-2H3. The van der Waals surface area contributed by atoms with E-state index in [1.54, 1.807) is 0 Å². The lowest BCUT2D eigenvalue weighted by Gasteiger charge is -2.36. The monoisotopic (exact) mass is 192 g/mol. The molecule has 0 radical (unpaired) electrons. The molecule has 1 unspecified atom stereocenters. The van der Waals surface area contributed by atoms with Crippen LogP contribution in [0.1, 0.15) is 31.9 Å². The fraction of sp³-hybridized carbons (Fsp3) is 0.500. The number of hydrogen-bond donors (Lipinski definition) is 0. The summed E-state index contributed by atoms with van der Waals surface area (Å²) in [5.74, 6) is -0.446. The van der Waals surface area contributed by atoms with Crippen molar-refractivity contribution in [2.45, 2.75) is 32.2 Å². The molecule has 0 spiro atoms. The quantitative estimate of drug-likeness (QED) is 0.681. The summed E-state index contributed by atoms with van der Waals surface area (Å²) in [4.78, 5) is 0. The summed E-state index contributed by atoms with van der Waals surface area (Å²) in [5, 5.41) is 0. The normalized spacial score (nSPS) is 26.0. The van der Waals surface area contributed by atoms with Crippen molar-refractivity contribution in [2.24, 2.45) is 0 Å². The highest BCUT2D eigenvalue weighted by molar-refractivity contribution is 5.17. The van der Waals surface area contributed by atoms with E-state index in [1.807, 2.05) is 32.0 Å². The van der Waals surface area contributed by atoms with Crippen molar-refractivity contribution in [2.75, 3.05) is 6.61 Å². The van der Waals surface area contributed by atoms with Crippen LogP contribution in [0.4, 0.5) is 0 Å². The van der Waals surface area contributed by atoms with Crippen LogP contribution in [-0.2, 0) is 9.47 Å². The summed E-state index contributed by atoms with van der Waals surface area (Å²) in [7, 11) is 0. The van der Waals surface area contributed by atoms with Gasteiger partial charge in [-0.3, -0.25) is 0 Å². The maximum atomic E-state index is 5.84. The Morgan fingerprint density at radius 1 is 1.21 bits per heavy atom. The van der Waals surface area contributed by atoms with Gasteiger partial charge < -0.3 is 9.47 Å². The Morgan fingerprint density at radius 2 is 1.93 bits per heavy atom. The predicted molar refractivity (Wildman–Crippen MR) is 54.9 cm³/mol. The van der Waals surface area contributed by atoms with Crippen molar-refractivity contribution in [3.05, 3.63) is 35.9 Å². The molecule has 1 heterocycles. The third kappa shape index (κ3) is 2.14. The van der Waals surface area contributed by atoms with E-state index in [1.165, 1.54) is 5.56 Å². The highest BCUT2D eigenvalue weighted by Gasteiger charge is 2.29. The van der Waals surface area contributed by atoms with E-state index < -0.39 is 5.79 Å². The summed E-state index contributed by atoms with van der Waals surface area (Å²) in [6.07, 6.45) is 1.12. The summed E-state index contributed by atoms with van der Waals surface area (Å²) in [5.41, 5.74) is 1.24. The molecule has 76 valence electrons. The SMILES string of the molecule is CC1(C)OCCC(c2ccccc2)O1. The molecule has 0 aromatic heterocycles. The third-order valence-electron chi connectivity index (χ3n) is 2.43. The molecule has 1 atom stereocenters. The fourth-order valence-electron chi connectivity index (χ4n) is 1.75. The summed E-state index contributed by atoms with van der Waals surface area (Å²) in [6, 6.07) is 10.3. The van der Waals surface area contributed by atoms with Crippen LogP contribution >= 0.6 is 0 Å². The van der Waals surface area contributed by atoms with Gasteiger partial charge in [-0.05, 0) is 19.4 Å². The Balaban J connectivity index is 2.12. The van der Waals surface area contributed by atoms with Crippen molar-refractivity contribution in [1.29, 1.82) is 0 Å². The first-order valence-corrected chi connectivity index (χ1v) is 5.04. The smallest absolute Gasteiger partial charge is 0.163 e. The first-order chi connectivity index (χ1) is 6.67. The average molecular weight is 192 g/mol. The van der Waals surface area contributed by atoms with Crippen molar-refractivity contribution in [3.8, 4) is 0 Å². The van der Waals surface area contributed by atoms with Gasteiger partial charge in [0, 0.05) is 6.42 Å². The minimum absolute atomic E-state index is 0.181. The van der Waals surface area contributed by atoms with Crippen LogP contribution in [0, 0.1) is 0 Å². The Hall–Kier alpha value is -0.860. The first-order valence-electron chi connectivity index (χ1n) is 5.04. The minimum atomic E-state index is -0.446. The zero-order chi connectivity index (χ0) is 10.0. The van der Waals surface area contributed by atoms with Crippen molar-refractivity contribution in [1.82, 2.24) is 0 Å². The second kappa shape index (κ2) is 3.71. The fourth-order valence-corrected chi connectivity index (χ4v) is 1.75. The molecule has 2 rings (SSSR count). The highest BCUT2D eigenvalue weighted by Crippen LogP contribution is 2.32. The van der Waals surface area contributed by atoms with Gasteiger partial charge in [0.1, 0.15) is 0 Å². The lowest BCUT2D eigenvalue weighted by Crippen LogP contribution is -2.35. The number of ether oxygens (including phenoxy) is 2. The van der Waals surface area contributed by atoms with Crippen molar-refractivity contribution in [3.63, 3.8) is 0 Å². The Labute approximate surface area is 84.8 Å². The molecule has 1 fully saturated rings. The summed E-state index contributed by atoms with van der Waals surface area (Å²) >= 11 is 0. The number of rotatable bonds is 1. The van der Waals surface area contributed by atoms with Crippen LogP contribution in [0.2, 0.25) is 0 Å². The Morgan fingerprint density at radius 3 is 2.57 bits per heavy atom. The molecule has 14 heavy (non-hydrogen) atoms. The Kier molecular flexibility index (Phi) is 2.57. The van der Waals surface area contributed by atoms with Gasteiger partial charge in [-0.2, -0.15) is 0 Å². The van der Waals surface area contributed by atoms with Crippen LogP contribution < -0.4 is 0 Å². The summed E-state index contributed by atoms with van der Waals surface area (Å²) < 4.78 is 11.3. The highest BCUT2D eigenvalue weighted by atomic mass is 16.7. The van der Waals surface area contributed by atoms with E-state index in [-0.39, 0.29) is 6.10 Å². The molecule has 1 aromatic carbocycles. The molecular weight excluding hydrogens is 176 g/mol. The lowest BCUT2D eigenvalue weighted by atomic mass is 10.1. The van der Waals surface area contributed by atoms with Gasteiger partial charge in [0.15, 0.2) is 5.79 Å². The molecule has 0 bridgehead atoms. The molecule has 2 heteroatoms. The first kappa shape index (κ1) is 9.69. The largest absolute Gasteiger partial charge is 0.350 e. The topological polar surface area (TPSA) is 18.5 Å². The van der Waals surface area contributed by atoms with E-state index in [0.29, 0.717) is 0 Å². The van der Waals surface area contributed by atoms with Gasteiger partial charge in [-0.1, -0.05) is 30.3 Å². The van der Waals surface area contributed by atoms with E-state index in [0.717, 1.165) is 13.0 Å². The van der Waals surface area contributed by atoms with Gasteiger partial charge in [-0.25, -0.2) is 0 Å². The summed E-state index contributed by atoms with van der Waals surface area (Å²) in [6.45, 7) is 4.69. The van der Waals surface area contributed by atoms with Crippen LogP contribution in [0.5, 0.6) is 0 Å². The third-order valence-corrected chi connectivity index (χ3v) is 2.43. The zero-order valence-electron chi connectivity index (χ0n) is 8.69. The molecule has 1 aromatic rings. The van der Waals surface area contributed by atoms with E-state index in [2.05, 4.69) is 12.1 Å². The van der Waals surface area contributed by atoms with Gasteiger partial charge >= 0.3 is 0 Å². The van der Waals surface area contributed by atoms with Crippen LogP contribution in [0.25, 0.3) is 0 Å². The van der Waals surface area contributed by atoms with E-state index in [4.69, 9.17) is 9.47 Å². The lowest BCUT2D eigenvalue weighted by molar-refractivity contribution is -0.275. The maximum Gasteiger partial charge on any atom is 0.163 e. The Bertz CT molecular complexity index is 292. The molecule has 1 aliphatic rings. The number of benzene rings is 1.